The van der Waals surface area contributed by atoms with Crippen molar-refractivity contribution in [2.45, 2.75) is 59.1 Å². The molecule has 2 N–H and O–H groups in total. The van der Waals surface area contributed by atoms with Gasteiger partial charge >= 0.3 is 6.01 Å². The van der Waals surface area contributed by atoms with Gasteiger partial charge in [-0.1, -0.05) is 13.8 Å². The Hall–Kier alpha value is -1.59. The van der Waals surface area contributed by atoms with Crippen molar-refractivity contribution in [1.29, 1.82) is 0 Å². The van der Waals surface area contributed by atoms with E-state index in [0.717, 1.165) is 12.3 Å². The Bertz CT molecular complexity index is 465. The second-order valence-corrected chi connectivity index (χ2v) is 6.33. The van der Waals surface area contributed by atoms with Crippen molar-refractivity contribution in [3.8, 4) is 6.01 Å². The van der Waals surface area contributed by atoms with Crippen LogP contribution in [-0.2, 0) is 0 Å². The molecule has 1 fully saturated rings. The highest BCUT2D eigenvalue weighted by Gasteiger charge is 2.26. The minimum Gasteiger partial charge on any atom is -0.461 e. The van der Waals surface area contributed by atoms with E-state index in [1.54, 1.807) is 7.05 Å². The summed E-state index contributed by atoms with van der Waals surface area (Å²) < 4.78 is 5.59. The van der Waals surface area contributed by atoms with E-state index in [2.05, 4.69) is 39.4 Å². The molecule has 0 aromatic carbocycles. The summed E-state index contributed by atoms with van der Waals surface area (Å²) in [5, 5.41) is 6.41. The summed E-state index contributed by atoms with van der Waals surface area (Å²) in [7, 11) is 1.79. The summed E-state index contributed by atoms with van der Waals surface area (Å²) in [6.45, 7) is 8.53. The van der Waals surface area contributed by atoms with E-state index in [9.17, 15) is 0 Å². The standard InChI is InChI=1S/C15H27N5O/c1-9(2)21-15-19-13(16-5)18-14(20-15)17-12-7-6-10(3)8-11(12)4/h9-12H,6-8H2,1-5H3,(H2,16,17,18,19,20). The third-order valence-electron chi connectivity index (χ3n) is 3.93. The van der Waals surface area contributed by atoms with Crippen LogP contribution in [-0.4, -0.2) is 34.1 Å². The fraction of sp³-hybridized carbons (Fsp3) is 0.800. The third kappa shape index (κ3) is 4.44. The van der Waals surface area contributed by atoms with E-state index in [0.29, 0.717) is 29.9 Å². The van der Waals surface area contributed by atoms with Gasteiger partial charge in [0.2, 0.25) is 11.9 Å². The summed E-state index contributed by atoms with van der Waals surface area (Å²) in [6.07, 6.45) is 3.70. The van der Waals surface area contributed by atoms with Crippen LogP contribution in [0, 0.1) is 11.8 Å². The number of aromatic nitrogens is 3. The van der Waals surface area contributed by atoms with Gasteiger partial charge in [-0.3, -0.25) is 0 Å². The minimum absolute atomic E-state index is 0.0411. The van der Waals surface area contributed by atoms with Crippen molar-refractivity contribution in [3.63, 3.8) is 0 Å². The van der Waals surface area contributed by atoms with E-state index in [-0.39, 0.29) is 6.10 Å². The number of ether oxygens (including phenoxy) is 1. The zero-order chi connectivity index (χ0) is 15.4. The molecule has 0 saturated heterocycles. The van der Waals surface area contributed by atoms with Crippen molar-refractivity contribution in [1.82, 2.24) is 15.0 Å². The molecule has 21 heavy (non-hydrogen) atoms. The van der Waals surface area contributed by atoms with Gasteiger partial charge in [-0.25, -0.2) is 0 Å². The van der Waals surface area contributed by atoms with E-state index >= 15 is 0 Å². The van der Waals surface area contributed by atoms with Crippen LogP contribution in [0.2, 0.25) is 0 Å². The number of rotatable bonds is 5. The molecule has 2 rings (SSSR count). The minimum atomic E-state index is 0.0411. The van der Waals surface area contributed by atoms with Crippen molar-refractivity contribution in [2.75, 3.05) is 17.7 Å². The molecule has 1 saturated carbocycles. The molecule has 1 heterocycles. The lowest BCUT2D eigenvalue weighted by Crippen LogP contribution is -2.33. The van der Waals surface area contributed by atoms with E-state index in [1.165, 1.54) is 12.8 Å². The van der Waals surface area contributed by atoms with Gasteiger partial charge in [-0.15, -0.1) is 0 Å². The van der Waals surface area contributed by atoms with Gasteiger partial charge in [0, 0.05) is 13.1 Å². The normalized spacial score (nSPS) is 25.7. The largest absolute Gasteiger partial charge is 0.461 e. The molecular weight excluding hydrogens is 266 g/mol. The first-order valence-corrected chi connectivity index (χ1v) is 7.85. The number of nitrogens with zero attached hydrogens (tertiary/aromatic N) is 3. The van der Waals surface area contributed by atoms with E-state index in [1.807, 2.05) is 13.8 Å². The molecule has 1 aromatic heterocycles. The van der Waals surface area contributed by atoms with Gasteiger partial charge < -0.3 is 15.4 Å². The molecule has 0 aliphatic heterocycles. The van der Waals surface area contributed by atoms with Crippen molar-refractivity contribution in [3.05, 3.63) is 0 Å². The fourth-order valence-corrected chi connectivity index (χ4v) is 2.84. The Labute approximate surface area is 127 Å². The maximum Gasteiger partial charge on any atom is 0.323 e. The van der Waals surface area contributed by atoms with Crippen LogP contribution in [0.15, 0.2) is 0 Å². The summed E-state index contributed by atoms with van der Waals surface area (Å²) in [6, 6.07) is 0.781. The average molecular weight is 293 g/mol. The fourth-order valence-electron chi connectivity index (χ4n) is 2.84. The number of hydrogen-bond donors (Lipinski definition) is 2. The van der Waals surface area contributed by atoms with Crippen LogP contribution >= 0.6 is 0 Å². The highest BCUT2D eigenvalue weighted by molar-refractivity contribution is 5.36. The van der Waals surface area contributed by atoms with Crippen LogP contribution in [0.4, 0.5) is 11.9 Å². The summed E-state index contributed by atoms with van der Waals surface area (Å²) in [5.74, 6) is 2.55. The number of anilines is 2. The first-order chi connectivity index (χ1) is 9.97. The predicted octanol–water partition coefficient (Wildman–Crippen LogP) is 2.94. The molecule has 0 bridgehead atoms. The highest BCUT2D eigenvalue weighted by atomic mass is 16.5. The van der Waals surface area contributed by atoms with Gasteiger partial charge in [-0.2, -0.15) is 15.0 Å². The molecule has 118 valence electrons. The smallest absolute Gasteiger partial charge is 0.323 e. The van der Waals surface area contributed by atoms with Gasteiger partial charge in [0.15, 0.2) is 0 Å². The topological polar surface area (TPSA) is 72.0 Å². The molecule has 6 heteroatoms. The molecule has 1 aliphatic rings. The van der Waals surface area contributed by atoms with E-state index in [4.69, 9.17) is 4.74 Å². The summed E-state index contributed by atoms with van der Waals surface area (Å²) in [5.41, 5.74) is 0. The Kier molecular flexibility index (Phi) is 5.20. The van der Waals surface area contributed by atoms with Crippen LogP contribution in [0.25, 0.3) is 0 Å². The van der Waals surface area contributed by atoms with Gasteiger partial charge in [0.05, 0.1) is 6.10 Å². The summed E-state index contributed by atoms with van der Waals surface area (Å²) >= 11 is 0. The molecule has 1 aliphatic carbocycles. The van der Waals surface area contributed by atoms with E-state index < -0.39 is 0 Å². The van der Waals surface area contributed by atoms with Crippen LogP contribution in [0.3, 0.4) is 0 Å². The zero-order valence-electron chi connectivity index (χ0n) is 13.7. The Morgan fingerprint density at radius 2 is 1.81 bits per heavy atom. The SMILES string of the molecule is CNc1nc(NC2CCC(C)CC2C)nc(OC(C)C)n1. The molecular formula is C15H27N5O. The quantitative estimate of drug-likeness (QED) is 0.869. The molecule has 1 aromatic rings. The lowest BCUT2D eigenvalue weighted by Gasteiger charge is -2.33. The number of hydrogen-bond acceptors (Lipinski definition) is 6. The molecule has 0 spiro atoms. The number of nitrogens with one attached hydrogen (secondary N) is 2. The first kappa shape index (κ1) is 15.8. The average Bonchev–Trinajstić information content (AvgIpc) is 2.41. The van der Waals surface area contributed by atoms with Crippen molar-refractivity contribution in [2.24, 2.45) is 11.8 Å². The maximum atomic E-state index is 5.59. The van der Waals surface area contributed by atoms with Crippen molar-refractivity contribution >= 4 is 11.9 Å². The molecule has 0 radical (unpaired) electrons. The zero-order valence-corrected chi connectivity index (χ0v) is 13.7. The lowest BCUT2D eigenvalue weighted by molar-refractivity contribution is 0.222. The van der Waals surface area contributed by atoms with Crippen LogP contribution < -0.4 is 15.4 Å². The van der Waals surface area contributed by atoms with Gasteiger partial charge in [0.25, 0.3) is 0 Å². The highest BCUT2D eigenvalue weighted by Crippen LogP contribution is 2.30. The summed E-state index contributed by atoms with van der Waals surface area (Å²) in [4.78, 5) is 13.0. The second kappa shape index (κ2) is 6.91. The Morgan fingerprint density at radius 1 is 1.10 bits per heavy atom. The van der Waals surface area contributed by atoms with Crippen LogP contribution in [0.5, 0.6) is 6.01 Å². The lowest BCUT2D eigenvalue weighted by atomic mass is 9.80. The maximum absolute atomic E-state index is 5.59. The third-order valence-corrected chi connectivity index (χ3v) is 3.93. The first-order valence-electron chi connectivity index (χ1n) is 7.85. The predicted molar refractivity (Wildman–Crippen MR) is 84.7 cm³/mol. The van der Waals surface area contributed by atoms with Crippen molar-refractivity contribution < 1.29 is 4.74 Å². The Morgan fingerprint density at radius 3 is 2.43 bits per heavy atom. The molecule has 3 atom stereocenters. The Balaban J connectivity index is 2.11. The van der Waals surface area contributed by atoms with Crippen LogP contribution in [0.1, 0.15) is 47.0 Å². The monoisotopic (exact) mass is 293 g/mol. The molecule has 6 nitrogen and oxygen atoms in total. The van der Waals surface area contributed by atoms with Gasteiger partial charge in [0.1, 0.15) is 0 Å². The van der Waals surface area contributed by atoms with Gasteiger partial charge in [-0.05, 0) is 44.9 Å². The molecule has 3 unspecified atom stereocenters. The second-order valence-electron chi connectivity index (χ2n) is 6.33. The molecule has 0 amide bonds.